The maximum absolute atomic E-state index is 11.8. The summed E-state index contributed by atoms with van der Waals surface area (Å²) in [5.41, 5.74) is 1.42. The lowest BCUT2D eigenvalue weighted by Gasteiger charge is -2.12. The normalized spacial score (nSPS) is 12.0. The van der Waals surface area contributed by atoms with Crippen molar-refractivity contribution in [3.05, 3.63) is 59.6 Å². The number of hydrogen-bond acceptors (Lipinski definition) is 5. The van der Waals surface area contributed by atoms with Gasteiger partial charge in [-0.15, -0.1) is 5.11 Å². The fraction of sp³-hybridized carbons (Fsp3) is 0.0588. The Hall–Kier alpha value is -2.48. The van der Waals surface area contributed by atoms with E-state index in [4.69, 9.17) is 11.6 Å². The molecule has 8 heteroatoms. The van der Waals surface area contributed by atoms with Gasteiger partial charge in [-0.3, -0.25) is 4.55 Å². The minimum atomic E-state index is -4.42. The Bertz CT molecular complexity index is 1080. The van der Waals surface area contributed by atoms with Gasteiger partial charge < -0.3 is 5.32 Å². The summed E-state index contributed by atoms with van der Waals surface area (Å²) >= 11 is 5.92. The molecule has 0 aliphatic rings. The first-order valence-electron chi connectivity index (χ1n) is 7.28. The zero-order chi connectivity index (χ0) is 18.0. The molecular formula is C17H14ClN3O3S. The highest BCUT2D eigenvalue weighted by molar-refractivity contribution is 7.86. The van der Waals surface area contributed by atoms with Crippen LogP contribution < -0.4 is 5.32 Å². The van der Waals surface area contributed by atoms with E-state index < -0.39 is 10.1 Å². The van der Waals surface area contributed by atoms with Crippen molar-refractivity contribution in [1.29, 1.82) is 0 Å². The fourth-order valence-corrected chi connectivity index (χ4v) is 3.43. The molecule has 0 fully saturated rings. The third-order valence-corrected chi connectivity index (χ3v) is 4.72. The van der Waals surface area contributed by atoms with Crippen molar-refractivity contribution in [2.24, 2.45) is 10.2 Å². The van der Waals surface area contributed by atoms with E-state index in [1.54, 1.807) is 55.6 Å². The predicted octanol–water partition coefficient (Wildman–Crippen LogP) is 5.20. The molecule has 0 aromatic heterocycles. The zero-order valence-electron chi connectivity index (χ0n) is 13.1. The summed E-state index contributed by atoms with van der Waals surface area (Å²) in [6, 6.07) is 14.9. The lowest BCUT2D eigenvalue weighted by molar-refractivity contribution is 0.484. The van der Waals surface area contributed by atoms with E-state index in [-0.39, 0.29) is 10.6 Å². The van der Waals surface area contributed by atoms with Gasteiger partial charge in [0.05, 0.1) is 11.4 Å². The van der Waals surface area contributed by atoms with Crippen molar-refractivity contribution >= 4 is 49.6 Å². The maximum atomic E-state index is 11.8. The minimum Gasteiger partial charge on any atom is -0.386 e. The molecular weight excluding hydrogens is 362 g/mol. The van der Waals surface area contributed by atoms with Gasteiger partial charge in [0, 0.05) is 22.8 Å². The number of anilines is 1. The molecule has 3 rings (SSSR count). The van der Waals surface area contributed by atoms with Crippen molar-refractivity contribution in [3.63, 3.8) is 0 Å². The standard InChI is InChI=1S/C17H14ClN3O3S/c1-19-17-14-8-3-2-7-13(14)16(25(22,23)24)10-15(17)21-20-12-6-4-5-11(18)9-12/h2-10,19H,1H3,(H,22,23,24). The lowest BCUT2D eigenvalue weighted by Crippen LogP contribution is -2.01. The van der Waals surface area contributed by atoms with Gasteiger partial charge in [-0.2, -0.15) is 13.5 Å². The molecule has 2 N–H and O–H groups in total. The van der Waals surface area contributed by atoms with Gasteiger partial charge in [0.15, 0.2) is 0 Å². The highest BCUT2D eigenvalue weighted by atomic mass is 35.5. The lowest BCUT2D eigenvalue weighted by atomic mass is 10.1. The molecule has 0 saturated heterocycles. The number of hydrogen-bond donors (Lipinski definition) is 2. The molecule has 0 unspecified atom stereocenters. The largest absolute Gasteiger partial charge is 0.386 e. The van der Waals surface area contributed by atoms with Crippen LogP contribution in [0.25, 0.3) is 10.8 Å². The number of nitrogens with one attached hydrogen (secondary N) is 1. The van der Waals surface area contributed by atoms with E-state index in [1.807, 2.05) is 0 Å². The summed E-state index contributed by atoms with van der Waals surface area (Å²) < 4.78 is 33.1. The van der Waals surface area contributed by atoms with Crippen LogP contribution in [0, 0.1) is 0 Å². The molecule has 0 saturated carbocycles. The summed E-state index contributed by atoms with van der Waals surface area (Å²) in [5, 5.41) is 12.8. The molecule has 0 spiro atoms. The quantitative estimate of drug-likeness (QED) is 0.484. The summed E-state index contributed by atoms with van der Waals surface area (Å²) in [6.07, 6.45) is 0. The second-order valence-electron chi connectivity index (χ2n) is 5.22. The number of halogens is 1. The van der Waals surface area contributed by atoms with Crippen LogP contribution in [-0.4, -0.2) is 20.0 Å². The summed E-state index contributed by atoms with van der Waals surface area (Å²) in [7, 11) is -2.72. The second-order valence-corrected chi connectivity index (χ2v) is 7.05. The van der Waals surface area contributed by atoms with E-state index in [9.17, 15) is 13.0 Å². The number of rotatable bonds is 4. The highest BCUT2D eigenvalue weighted by Gasteiger charge is 2.19. The molecule has 3 aromatic rings. The smallest absolute Gasteiger partial charge is 0.295 e. The highest BCUT2D eigenvalue weighted by Crippen LogP contribution is 2.38. The third kappa shape index (κ3) is 3.63. The first-order valence-corrected chi connectivity index (χ1v) is 9.10. The van der Waals surface area contributed by atoms with Gasteiger partial charge >= 0.3 is 0 Å². The van der Waals surface area contributed by atoms with E-state index >= 15 is 0 Å². The molecule has 25 heavy (non-hydrogen) atoms. The van der Waals surface area contributed by atoms with Crippen LogP contribution in [-0.2, 0) is 10.1 Å². The van der Waals surface area contributed by atoms with E-state index in [0.29, 0.717) is 27.2 Å². The average molecular weight is 376 g/mol. The van der Waals surface area contributed by atoms with Gasteiger partial charge in [0.2, 0.25) is 0 Å². The Morgan fingerprint density at radius 1 is 1.00 bits per heavy atom. The van der Waals surface area contributed by atoms with Gasteiger partial charge in [-0.1, -0.05) is 41.9 Å². The van der Waals surface area contributed by atoms with Crippen LogP contribution in [0.4, 0.5) is 17.1 Å². The summed E-state index contributed by atoms with van der Waals surface area (Å²) in [5.74, 6) is 0. The van der Waals surface area contributed by atoms with Crippen LogP contribution in [0.5, 0.6) is 0 Å². The van der Waals surface area contributed by atoms with Crippen molar-refractivity contribution in [1.82, 2.24) is 0 Å². The van der Waals surface area contributed by atoms with Crippen molar-refractivity contribution in [3.8, 4) is 0 Å². The maximum Gasteiger partial charge on any atom is 0.295 e. The Kier molecular flexibility index (Phi) is 4.71. The van der Waals surface area contributed by atoms with E-state index in [0.717, 1.165) is 0 Å². The zero-order valence-corrected chi connectivity index (χ0v) is 14.7. The molecule has 128 valence electrons. The van der Waals surface area contributed by atoms with Gasteiger partial charge in [-0.25, -0.2) is 0 Å². The third-order valence-electron chi connectivity index (χ3n) is 3.60. The van der Waals surface area contributed by atoms with Crippen LogP contribution in [0.3, 0.4) is 0 Å². The van der Waals surface area contributed by atoms with Gasteiger partial charge in [0.25, 0.3) is 10.1 Å². The molecule has 3 aromatic carbocycles. The Morgan fingerprint density at radius 2 is 1.72 bits per heavy atom. The molecule has 6 nitrogen and oxygen atoms in total. The molecule has 0 radical (unpaired) electrons. The molecule has 0 atom stereocenters. The molecule has 0 aliphatic heterocycles. The monoisotopic (exact) mass is 375 g/mol. The number of benzene rings is 3. The Labute approximate surface area is 149 Å². The number of azo groups is 1. The summed E-state index contributed by atoms with van der Waals surface area (Å²) in [6.45, 7) is 0. The second kappa shape index (κ2) is 6.79. The average Bonchev–Trinajstić information content (AvgIpc) is 2.58. The van der Waals surface area contributed by atoms with E-state index in [2.05, 4.69) is 15.5 Å². The Balaban J connectivity index is 2.24. The predicted molar refractivity (Wildman–Crippen MR) is 98.9 cm³/mol. The minimum absolute atomic E-state index is 0.220. The Morgan fingerprint density at radius 3 is 2.36 bits per heavy atom. The van der Waals surface area contributed by atoms with Crippen molar-refractivity contribution < 1.29 is 13.0 Å². The topological polar surface area (TPSA) is 91.1 Å². The molecule has 0 bridgehead atoms. The number of nitrogens with zero attached hydrogens (tertiary/aromatic N) is 2. The van der Waals surface area contributed by atoms with Crippen LogP contribution in [0.15, 0.2) is 69.7 Å². The van der Waals surface area contributed by atoms with Crippen LogP contribution in [0.2, 0.25) is 5.02 Å². The SMILES string of the molecule is CNc1c(N=Nc2cccc(Cl)c2)cc(S(=O)(=O)O)c2ccccc12. The fourth-order valence-electron chi connectivity index (χ4n) is 2.53. The van der Waals surface area contributed by atoms with Crippen molar-refractivity contribution in [2.75, 3.05) is 12.4 Å². The first kappa shape index (κ1) is 17.3. The number of fused-ring (bicyclic) bond motifs is 1. The molecule has 0 aliphatic carbocycles. The van der Waals surface area contributed by atoms with Crippen LogP contribution in [0.1, 0.15) is 0 Å². The van der Waals surface area contributed by atoms with Crippen molar-refractivity contribution in [2.45, 2.75) is 4.90 Å². The summed E-state index contributed by atoms with van der Waals surface area (Å²) in [4.78, 5) is -0.220. The van der Waals surface area contributed by atoms with E-state index in [1.165, 1.54) is 6.07 Å². The first-order chi connectivity index (χ1) is 11.9. The molecule has 0 amide bonds. The van der Waals surface area contributed by atoms with Gasteiger partial charge in [-0.05, 0) is 24.3 Å². The van der Waals surface area contributed by atoms with Crippen LogP contribution >= 0.6 is 11.6 Å². The molecule has 0 heterocycles. The van der Waals surface area contributed by atoms with Gasteiger partial charge in [0.1, 0.15) is 10.6 Å².